The Morgan fingerprint density at radius 3 is 2.67 bits per heavy atom. The summed E-state index contributed by atoms with van der Waals surface area (Å²) in [5, 5.41) is 2.89. The highest BCUT2D eigenvalue weighted by Crippen LogP contribution is 2.19. The molecule has 5 nitrogen and oxygen atoms in total. The number of nitrogens with one attached hydrogen (secondary N) is 2. The van der Waals surface area contributed by atoms with Gasteiger partial charge in [0.05, 0.1) is 11.0 Å². The molecule has 1 heterocycles. The van der Waals surface area contributed by atoms with E-state index in [1.807, 2.05) is 42.5 Å². The Morgan fingerprint density at radius 1 is 1.21 bits per heavy atom. The van der Waals surface area contributed by atoms with E-state index in [1.165, 1.54) is 18.4 Å². The summed E-state index contributed by atoms with van der Waals surface area (Å²) in [6, 6.07) is 13.2. The Kier molecular flexibility index (Phi) is 5.82. The lowest BCUT2D eigenvalue weighted by Crippen LogP contribution is -2.11. The molecule has 1 aromatic heterocycles. The van der Waals surface area contributed by atoms with Crippen LogP contribution in [0.2, 0.25) is 0 Å². The Morgan fingerprint density at radius 2 is 1.96 bits per heavy atom. The first-order valence-electron chi connectivity index (χ1n) is 7.81. The lowest BCUT2D eigenvalue weighted by atomic mass is 10.1. The Labute approximate surface area is 147 Å². The second kappa shape index (κ2) is 7.84. The smallest absolute Gasteiger partial charge is 0.255 e. The molecule has 0 unspecified atom stereocenters. The van der Waals surface area contributed by atoms with Crippen LogP contribution in [-0.4, -0.2) is 15.9 Å². The minimum Gasteiger partial charge on any atom is -0.369 e. The van der Waals surface area contributed by atoms with E-state index in [1.54, 1.807) is 0 Å². The van der Waals surface area contributed by atoms with Crippen molar-refractivity contribution in [2.24, 2.45) is 0 Å². The number of nitrogens with two attached hydrogens (primary N) is 1. The number of carbonyl (C=O) groups is 1. The number of aromatic amines is 1. The number of fused-ring (bicyclic) bond motifs is 1. The summed E-state index contributed by atoms with van der Waals surface area (Å²) in [6.45, 7) is 2.17. The van der Waals surface area contributed by atoms with Crippen molar-refractivity contribution in [1.29, 1.82) is 0 Å². The first kappa shape index (κ1) is 17.8. The number of aryl methyl sites for hydroxylation is 1. The minimum atomic E-state index is -0.126. The molecule has 3 aromatic rings. The van der Waals surface area contributed by atoms with Crippen LogP contribution in [0.15, 0.2) is 42.5 Å². The van der Waals surface area contributed by atoms with Crippen LogP contribution in [0.25, 0.3) is 11.0 Å². The highest BCUT2D eigenvalue weighted by Gasteiger charge is 2.07. The normalized spacial score (nSPS) is 10.4. The predicted molar refractivity (Wildman–Crippen MR) is 101 cm³/mol. The SMILES string of the molecule is CCCCc1ccc(C(=O)Nc2ccc3nc(N)[nH]c3c2)cc1.Cl. The van der Waals surface area contributed by atoms with Crippen molar-refractivity contribution >= 4 is 41.0 Å². The highest BCUT2D eigenvalue weighted by atomic mass is 35.5. The standard InChI is InChI=1S/C18H20N4O.ClH/c1-2-3-4-12-5-7-13(8-6-12)17(23)20-14-9-10-15-16(11-14)22-18(19)21-15;/h5-11H,2-4H2,1H3,(H,20,23)(H3,19,21,22);1H. The number of nitrogens with zero attached hydrogens (tertiary/aromatic N) is 1. The predicted octanol–water partition coefficient (Wildman–Crippen LogP) is 4.16. The largest absolute Gasteiger partial charge is 0.369 e. The van der Waals surface area contributed by atoms with E-state index in [9.17, 15) is 4.79 Å². The molecule has 6 heteroatoms. The van der Waals surface area contributed by atoms with E-state index in [0.29, 0.717) is 17.2 Å². The summed E-state index contributed by atoms with van der Waals surface area (Å²) in [4.78, 5) is 19.4. The number of nitrogen functional groups attached to an aromatic ring is 1. The molecule has 24 heavy (non-hydrogen) atoms. The van der Waals surface area contributed by atoms with Gasteiger partial charge < -0.3 is 16.0 Å². The fraction of sp³-hybridized carbons (Fsp3) is 0.222. The first-order valence-corrected chi connectivity index (χ1v) is 7.81. The van der Waals surface area contributed by atoms with Gasteiger partial charge >= 0.3 is 0 Å². The van der Waals surface area contributed by atoms with Gasteiger partial charge in [-0.3, -0.25) is 4.79 Å². The van der Waals surface area contributed by atoms with Gasteiger partial charge in [-0.1, -0.05) is 25.5 Å². The molecule has 0 atom stereocenters. The van der Waals surface area contributed by atoms with Gasteiger partial charge in [-0.05, 0) is 48.7 Å². The molecule has 0 aliphatic carbocycles. The van der Waals surface area contributed by atoms with Crippen LogP contribution < -0.4 is 11.1 Å². The van der Waals surface area contributed by atoms with E-state index >= 15 is 0 Å². The van der Waals surface area contributed by atoms with Gasteiger partial charge in [0.2, 0.25) is 0 Å². The van der Waals surface area contributed by atoms with Gasteiger partial charge in [-0.2, -0.15) is 0 Å². The highest BCUT2D eigenvalue weighted by molar-refractivity contribution is 6.05. The zero-order valence-electron chi connectivity index (χ0n) is 13.5. The molecule has 0 fully saturated rings. The summed E-state index contributed by atoms with van der Waals surface area (Å²) >= 11 is 0. The number of H-pyrrole nitrogens is 1. The summed E-state index contributed by atoms with van der Waals surface area (Å²) in [6.07, 6.45) is 3.39. The van der Waals surface area contributed by atoms with Gasteiger partial charge in [-0.25, -0.2) is 4.98 Å². The van der Waals surface area contributed by atoms with Crippen LogP contribution in [-0.2, 0) is 6.42 Å². The maximum absolute atomic E-state index is 12.3. The number of halogens is 1. The molecule has 0 spiro atoms. The quantitative estimate of drug-likeness (QED) is 0.649. The minimum absolute atomic E-state index is 0. The molecule has 0 bridgehead atoms. The molecule has 4 N–H and O–H groups in total. The number of carbonyl (C=O) groups excluding carboxylic acids is 1. The number of benzene rings is 2. The van der Waals surface area contributed by atoms with Crippen LogP contribution in [0.4, 0.5) is 11.6 Å². The Hall–Kier alpha value is -2.53. The first-order chi connectivity index (χ1) is 11.2. The van der Waals surface area contributed by atoms with Crippen molar-refractivity contribution in [2.75, 3.05) is 11.1 Å². The average molecular weight is 345 g/mol. The number of unbranched alkanes of at least 4 members (excludes halogenated alkanes) is 1. The number of imidazole rings is 1. The summed E-state index contributed by atoms with van der Waals surface area (Å²) in [5.74, 6) is 0.241. The van der Waals surface area contributed by atoms with Crippen molar-refractivity contribution in [2.45, 2.75) is 26.2 Å². The Bertz CT molecular complexity index is 827. The second-order valence-corrected chi connectivity index (χ2v) is 5.61. The van der Waals surface area contributed by atoms with Crippen molar-refractivity contribution in [3.8, 4) is 0 Å². The van der Waals surface area contributed by atoms with Gasteiger partial charge in [0.15, 0.2) is 5.95 Å². The van der Waals surface area contributed by atoms with Crippen LogP contribution in [0, 0.1) is 0 Å². The molecular weight excluding hydrogens is 324 g/mol. The zero-order valence-corrected chi connectivity index (χ0v) is 14.3. The maximum Gasteiger partial charge on any atom is 0.255 e. The Balaban J connectivity index is 0.00000208. The van der Waals surface area contributed by atoms with Crippen LogP contribution in [0.1, 0.15) is 35.7 Å². The molecule has 0 saturated carbocycles. The van der Waals surface area contributed by atoms with Crippen molar-refractivity contribution in [3.63, 3.8) is 0 Å². The van der Waals surface area contributed by atoms with E-state index in [-0.39, 0.29) is 18.3 Å². The van der Waals surface area contributed by atoms with Gasteiger partial charge in [0.25, 0.3) is 5.91 Å². The van der Waals surface area contributed by atoms with Crippen LogP contribution in [0.5, 0.6) is 0 Å². The molecule has 3 rings (SSSR count). The zero-order chi connectivity index (χ0) is 16.2. The molecule has 0 aliphatic rings. The third kappa shape index (κ3) is 4.06. The van der Waals surface area contributed by atoms with E-state index in [4.69, 9.17) is 5.73 Å². The average Bonchev–Trinajstić information content (AvgIpc) is 2.92. The number of aromatic nitrogens is 2. The third-order valence-corrected chi connectivity index (χ3v) is 3.79. The lowest BCUT2D eigenvalue weighted by molar-refractivity contribution is 0.102. The topological polar surface area (TPSA) is 83.8 Å². The summed E-state index contributed by atoms with van der Waals surface area (Å²) in [5.41, 5.74) is 9.83. The molecular formula is C18H21ClN4O. The van der Waals surface area contributed by atoms with Gasteiger partial charge in [-0.15, -0.1) is 12.4 Å². The number of amides is 1. The van der Waals surface area contributed by atoms with E-state index < -0.39 is 0 Å². The molecule has 1 amide bonds. The van der Waals surface area contributed by atoms with Crippen LogP contribution >= 0.6 is 12.4 Å². The fourth-order valence-electron chi connectivity index (χ4n) is 2.51. The fourth-order valence-corrected chi connectivity index (χ4v) is 2.51. The van der Waals surface area contributed by atoms with E-state index in [0.717, 1.165) is 17.5 Å². The molecule has 126 valence electrons. The van der Waals surface area contributed by atoms with Gasteiger partial charge in [0, 0.05) is 11.3 Å². The van der Waals surface area contributed by atoms with Crippen molar-refractivity contribution < 1.29 is 4.79 Å². The third-order valence-electron chi connectivity index (χ3n) is 3.79. The number of rotatable bonds is 5. The van der Waals surface area contributed by atoms with Crippen molar-refractivity contribution in [3.05, 3.63) is 53.6 Å². The summed E-state index contributed by atoms with van der Waals surface area (Å²) < 4.78 is 0. The molecule has 0 radical (unpaired) electrons. The molecule has 0 aliphatic heterocycles. The number of hydrogen-bond acceptors (Lipinski definition) is 3. The molecule has 0 saturated heterocycles. The summed E-state index contributed by atoms with van der Waals surface area (Å²) in [7, 11) is 0. The molecule has 2 aromatic carbocycles. The van der Waals surface area contributed by atoms with Crippen LogP contribution in [0.3, 0.4) is 0 Å². The number of hydrogen-bond donors (Lipinski definition) is 3. The van der Waals surface area contributed by atoms with E-state index in [2.05, 4.69) is 22.2 Å². The second-order valence-electron chi connectivity index (χ2n) is 5.61. The monoisotopic (exact) mass is 344 g/mol. The van der Waals surface area contributed by atoms with Crippen molar-refractivity contribution in [1.82, 2.24) is 9.97 Å². The lowest BCUT2D eigenvalue weighted by Gasteiger charge is -2.06. The maximum atomic E-state index is 12.3. The van der Waals surface area contributed by atoms with Gasteiger partial charge in [0.1, 0.15) is 0 Å². The number of anilines is 2.